The summed E-state index contributed by atoms with van der Waals surface area (Å²) < 4.78 is 0. The Labute approximate surface area is 73.1 Å². The Kier molecular flexibility index (Phi) is 4.76. The van der Waals surface area contributed by atoms with Crippen LogP contribution in [0, 0.1) is 11.3 Å². The first kappa shape index (κ1) is 10.7. The number of hydrogen-bond acceptors (Lipinski definition) is 3. The molecule has 12 heavy (non-hydrogen) atoms. The fourth-order valence-electron chi connectivity index (χ4n) is 0.522. The highest BCUT2D eigenvalue weighted by atomic mass is 14.9. The van der Waals surface area contributed by atoms with Crippen molar-refractivity contribution < 1.29 is 0 Å². The van der Waals surface area contributed by atoms with Crippen LogP contribution in [0.5, 0.6) is 0 Å². The molecule has 4 heteroatoms. The third-order valence-corrected chi connectivity index (χ3v) is 1.08. The molecular formula is C8H16N4. The molecule has 0 aliphatic rings. The zero-order valence-corrected chi connectivity index (χ0v) is 7.76. The highest BCUT2D eigenvalue weighted by molar-refractivity contribution is 5.99. The molecule has 0 aliphatic carbocycles. The Morgan fingerprint density at radius 1 is 1.58 bits per heavy atom. The SMILES string of the molecule is CN/C=C(/N)C(=N)/N=C\C(C)C. The number of hydrogen-bond donors (Lipinski definition) is 3. The lowest BCUT2D eigenvalue weighted by Gasteiger charge is -1.98. The van der Waals surface area contributed by atoms with Crippen LogP contribution in [0.3, 0.4) is 0 Å². The third kappa shape index (κ3) is 4.49. The number of aliphatic imine (C=N–C) groups is 1. The van der Waals surface area contributed by atoms with Crippen molar-refractivity contribution in [3.8, 4) is 0 Å². The lowest BCUT2D eigenvalue weighted by Crippen LogP contribution is -2.12. The first-order valence-electron chi connectivity index (χ1n) is 3.84. The van der Waals surface area contributed by atoms with Crippen molar-refractivity contribution in [1.82, 2.24) is 5.32 Å². The average molecular weight is 168 g/mol. The van der Waals surface area contributed by atoms with Gasteiger partial charge in [0, 0.05) is 19.5 Å². The molecule has 0 heterocycles. The number of nitrogens with two attached hydrogens (primary N) is 1. The van der Waals surface area contributed by atoms with Gasteiger partial charge in [-0.15, -0.1) is 0 Å². The molecule has 0 unspecified atom stereocenters. The maximum Gasteiger partial charge on any atom is 0.169 e. The molecule has 0 aromatic rings. The van der Waals surface area contributed by atoms with Crippen molar-refractivity contribution >= 4 is 12.1 Å². The predicted molar refractivity (Wildman–Crippen MR) is 52.4 cm³/mol. The Hall–Kier alpha value is -1.32. The third-order valence-electron chi connectivity index (χ3n) is 1.08. The summed E-state index contributed by atoms with van der Waals surface area (Å²) in [5.41, 5.74) is 5.82. The zero-order chi connectivity index (χ0) is 9.56. The number of amidine groups is 1. The van der Waals surface area contributed by atoms with Crippen LogP contribution in [0.15, 0.2) is 16.9 Å². The monoisotopic (exact) mass is 168 g/mol. The zero-order valence-electron chi connectivity index (χ0n) is 7.76. The van der Waals surface area contributed by atoms with Crippen LogP contribution in [-0.2, 0) is 0 Å². The van der Waals surface area contributed by atoms with Gasteiger partial charge in [0.1, 0.15) is 0 Å². The van der Waals surface area contributed by atoms with E-state index in [9.17, 15) is 0 Å². The second-order valence-electron chi connectivity index (χ2n) is 2.76. The van der Waals surface area contributed by atoms with Crippen molar-refractivity contribution in [2.75, 3.05) is 7.05 Å². The predicted octanol–water partition coefficient (Wildman–Crippen LogP) is 0.710. The molecule has 4 nitrogen and oxygen atoms in total. The smallest absolute Gasteiger partial charge is 0.169 e. The van der Waals surface area contributed by atoms with Gasteiger partial charge in [-0.25, -0.2) is 4.99 Å². The van der Waals surface area contributed by atoms with Crippen LogP contribution >= 0.6 is 0 Å². The van der Waals surface area contributed by atoms with Crippen molar-refractivity contribution in [1.29, 1.82) is 5.41 Å². The Bertz CT molecular complexity index is 203. The van der Waals surface area contributed by atoms with Gasteiger partial charge in [-0.05, 0) is 5.92 Å². The molecule has 68 valence electrons. The van der Waals surface area contributed by atoms with Crippen LogP contribution in [0.1, 0.15) is 13.8 Å². The van der Waals surface area contributed by atoms with Gasteiger partial charge in [-0.2, -0.15) is 0 Å². The fraction of sp³-hybridized carbons (Fsp3) is 0.500. The Balaban J connectivity index is 4.13. The van der Waals surface area contributed by atoms with E-state index in [1.54, 1.807) is 19.5 Å². The second kappa shape index (κ2) is 5.35. The number of rotatable bonds is 3. The maximum atomic E-state index is 7.36. The maximum absolute atomic E-state index is 7.36. The molecule has 0 amide bonds. The molecule has 4 N–H and O–H groups in total. The van der Waals surface area contributed by atoms with Crippen molar-refractivity contribution in [2.45, 2.75) is 13.8 Å². The van der Waals surface area contributed by atoms with Gasteiger partial charge in [0.05, 0.1) is 5.70 Å². The van der Waals surface area contributed by atoms with Crippen LogP contribution in [0.4, 0.5) is 0 Å². The van der Waals surface area contributed by atoms with Gasteiger partial charge < -0.3 is 11.1 Å². The lowest BCUT2D eigenvalue weighted by atomic mass is 10.2. The van der Waals surface area contributed by atoms with Gasteiger partial charge in [0.2, 0.25) is 0 Å². The Morgan fingerprint density at radius 2 is 2.17 bits per heavy atom. The molecular weight excluding hydrogens is 152 g/mol. The molecule has 0 rings (SSSR count). The van der Waals surface area contributed by atoms with Crippen molar-refractivity contribution in [3.05, 3.63) is 11.9 Å². The lowest BCUT2D eigenvalue weighted by molar-refractivity contribution is 0.908. The van der Waals surface area contributed by atoms with E-state index in [0.717, 1.165) is 0 Å². The van der Waals surface area contributed by atoms with Gasteiger partial charge in [0.25, 0.3) is 0 Å². The van der Waals surface area contributed by atoms with E-state index in [4.69, 9.17) is 11.1 Å². The first-order valence-corrected chi connectivity index (χ1v) is 3.84. The van der Waals surface area contributed by atoms with E-state index in [2.05, 4.69) is 10.3 Å². The molecule has 0 saturated carbocycles. The van der Waals surface area contributed by atoms with Crippen molar-refractivity contribution in [2.24, 2.45) is 16.6 Å². The summed E-state index contributed by atoms with van der Waals surface area (Å²) in [6, 6.07) is 0. The fourth-order valence-corrected chi connectivity index (χ4v) is 0.522. The highest BCUT2D eigenvalue weighted by Gasteiger charge is 1.95. The summed E-state index contributed by atoms with van der Waals surface area (Å²) in [5.74, 6) is 0.436. The van der Waals surface area contributed by atoms with Crippen LogP contribution < -0.4 is 11.1 Å². The van der Waals surface area contributed by atoms with E-state index in [-0.39, 0.29) is 5.84 Å². The summed E-state index contributed by atoms with van der Waals surface area (Å²) in [4.78, 5) is 3.87. The number of nitrogens with zero attached hydrogens (tertiary/aromatic N) is 1. The van der Waals surface area contributed by atoms with E-state index in [1.165, 1.54) is 0 Å². The van der Waals surface area contributed by atoms with Gasteiger partial charge in [-0.3, -0.25) is 5.41 Å². The van der Waals surface area contributed by atoms with Crippen LogP contribution in [0.2, 0.25) is 0 Å². The molecule has 0 spiro atoms. The molecule has 0 aliphatic heterocycles. The van der Waals surface area contributed by atoms with Gasteiger partial charge in [-0.1, -0.05) is 13.8 Å². The van der Waals surface area contributed by atoms with Gasteiger partial charge >= 0.3 is 0 Å². The van der Waals surface area contributed by atoms with E-state index < -0.39 is 0 Å². The number of nitrogens with one attached hydrogen (secondary N) is 2. The molecule has 0 atom stereocenters. The molecule has 0 aromatic heterocycles. The molecule has 0 fully saturated rings. The van der Waals surface area contributed by atoms with Crippen LogP contribution in [0.25, 0.3) is 0 Å². The van der Waals surface area contributed by atoms with Crippen LogP contribution in [-0.4, -0.2) is 19.1 Å². The highest BCUT2D eigenvalue weighted by Crippen LogP contribution is 1.90. The molecule has 0 saturated heterocycles. The first-order chi connectivity index (χ1) is 5.57. The summed E-state index contributed by atoms with van der Waals surface area (Å²) in [5, 5.41) is 10.1. The quantitative estimate of drug-likeness (QED) is 0.429. The largest absolute Gasteiger partial charge is 0.395 e. The molecule has 0 aromatic carbocycles. The van der Waals surface area contributed by atoms with E-state index in [1.807, 2.05) is 13.8 Å². The normalized spacial score (nSPS) is 12.5. The van der Waals surface area contributed by atoms with Gasteiger partial charge in [0.15, 0.2) is 5.84 Å². The Morgan fingerprint density at radius 3 is 2.58 bits per heavy atom. The minimum absolute atomic E-state index is 0.0954. The minimum Gasteiger partial charge on any atom is -0.395 e. The molecule has 0 bridgehead atoms. The molecule has 0 radical (unpaired) electrons. The van der Waals surface area contributed by atoms with Crippen molar-refractivity contribution in [3.63, 3.8) is 0 Å². The topological polar surface area (TPSA) is 74.3 Å². The average Bonchev–Trinajstić information content (AvgIpc) is 2.00. The summed E-state index contributed by atoms with van der Waals surface area (Å²) in [6.07, 6.45) is 3.23. The second-order valence-corrected chi connectivity index (χ2v) is 2.76. The van der Waals surface area contributed by atoms with E-state index >= 15 is 0 Å². The minimum atomic E-state index is 0.0954. The summed E-state index contributed by atoms with van der Waals surface area (Å²) in [7, 11) is 1.73. The summed E-state index contributed by atoms with van der Waals surface area (Å²) in [6.45, 7) is 3.99. The standard InChI is InChI=1S/C8H16N4/c1-6(2)4-12-8(10)7(9)5-11-3/h4-6,10-11H,9H2,1-3H3/b7-5+,10-8?,12-4-. The summed E-state index contributed by atoms with van der Waals surface area (Å²) >= 11 is 0. The van der Waals surface area contributed by atoms with E-state index in [0.29, 0.717) is 11.6 Å².